The fraction of sp³-hybridized carbons (Fsp3) is 0.133. The summed E-state index contributed by atoms with van der Waals surface area (Å²) < 4.78 is 0. The third kappa shape index (κ3) is 3.14. The van der Waals surface area contributed by atoms with E-state index in [9.17, 15) is 4.79 Å². The summed E-state index contributed by atoms with van der Waals surface area (Å²) in [6, 6.07) is 10.5. The summed E-state index contributed by atoms with van der Waals surface area (Å²) in [4.78, 5) is 16.0. The van der Waals surface area contributed by atoms with Gasteiger partial charge in [0.15, 0.2) is 0 Å². The highest BCUT2D eigenvalue weighted by Gasteiger charge is 2.14. The van der Waals surface area contributed by atoms with E-state index in [-0.39, 0.29) is 11.9 Å². The van der Waals surface area contributed by atoms with Crippen LogP contribution in [0.15, 0.2) is 42.7 Å². The molecule has 0 aliphatic carbocycles. The second kappa shape index (κ2) is 6.18. The van der Waals surface area contributed by atoms with E-state index >= 15 is 0 Å². The minimum atomic E-state index is -0.278. The van der Waals surface area contributed by atoms with E-state index in [2.05, 4.69) is 16.4 Å². The van der Waals surface area contributed by atoms with Crippen molar-refractivity contribution < 1.29 is 4.79 Å². The van der Waals surface area contributed by atoms with Crippen LogP contribution in [-0.2, 0) is 0 Å². The number of nitrogens with one attached hydrogen (secondary N) is 1. The molecule has 0 bridgehead atoms. The first-order chi connectivity index (χ1) is 9.61. The van der Waals surface area contributed by atoms with E-state index < -0.39 is 0 Å². The lowest BCUT2D eigenvalue weighted by Gasteiger charge is -2.14. The first kappa shape index (κ1) is 14.0. The summed E-state index contributed by atoms with van der Waals surface area (Å²) in [6.45, 7) is 1.86. The number of nitriles is 1. The van der Waals surface area contributed by atoms with Crippen LogP contribution in [0.25, 0.3) is 0 Å². The van der Waals surface area contributed by atoms with Gasteiger partial charge in [-0.1, -0.05) is 23.7 Å². The third-order valence-corrected chi connectivity index (χ3v) is 3.23. The first-order valence-electron chi connectivity index (χ1n) is 6.02. The van der Waals surface area contributed by atoms with Crippen molar-refractivity contribution in [3.05, 3.63) is 64.4 Å². The zero-order chi connectivity index (χ0) is 14.5. The van der Waals surface area contributed by atoms with Gasteiger partial charge in [0.1, 0.15) is 0 Å². The maximum atomic E-state index is 12.1. The van der Waals surface area contributed by atoms with Crippen LogP contribution in [0, 0.1) is 11.3 Å². The molecule has 4 nitrogen and oxygen atoms in total. The molecular weight excluding hydrogens is 274 g/mol. The highest BCUT2D eigenvalue weighted by Crippen LogP contribution is 2.17. The fourth-order valence-electron chi connectivity index (χ4n) is 1.75. The molecule has 0 spiro atoms. The normalized spacial score (nSPS) is 11.4. The lowest BCUT2D eigenvalue weighted by atomic mass is 10.1. The van der Waals surface area contributed by atoms with Gasteiger partial charge in [-0.25, -0.2) is 0 Å². The molecule has 1 amide bonds. The van der Waals surface area contributed by atoms with Gasteiger partial charge in [-0.15, -0.1) is 0 Å². The Balaban J connectivity index is 2.11. The summed E-state index contributed by atoms with van der Waals surface area (Å²) in [5.74, 6) is -0.278. The van der Waals surface area contributed by atoms with Crippen molar-refractivity contribution in [2.24, 2.45) is 0 Å². The van der Waals surface area contributed by atoms with Crippen LogP contribution in [0.3, 0.4) is 0 Å². The Morgan fingerprint density at radius 2 is 2.05 bits per heavy atom. The van der Waals surface area contributed by atoms with Crippen LogP contribution in [0.1, 0.15) is 34.5 Å². The lowest BCUT2D eigenvalue weighted by Crippen LogP contribution is -2.27. The van der Waals surface area contributed by atoms with Gasteiger partial charge in [-0.3, -0.25) is 9.78 Å². The molecule has 100 valence electrons. The number of halogens is 1. The average molecular weight is 286 g/mol. The molecule has 0 aliphatic heterocycles. The summed E-state index contributed by atoms with van der Waals surface area (Å²) in [5, 5.41) is 12.0. The van der Waals surface area contributed by atoms with E-state index in [1.807, 2.05) is 19.1 Å². The predicted octanol–water partition coefficient (Wildman–Crippen LogP) is 3.10. The fourth-order valence-corrected chi connectivity index (χ4v) is 1.94. The van der Waals surface area contributed by atoms with Crippen LogP contribution in [0.4, 0.5) is 0 Å². The second-order valence-corrected chi connectivity index (χ2v) is 4.69. The van der Waals surface area contributed by atoms with E-state index in [4.69, 9.17) is 16.9 Å². The first-order valence-corrected chi connectivity index (χ1v) is 6.40. The van der Waals surface area contributed by atoms with Crippen molar-refractivity contribution in [2.45, 2.75) is 13.0 Å². The van der Waals surface area contributed by atoms with E-state index in [1.165, 1.54) is 12.4 Å². The molecule has 0 fully saturated rings. The molecule has 0 saturated heterocycles. The molecule has 0 aliphatic rings. The molecule has 0 saturated carbocycles. The van der Waals surface area contributed by atoms with Crippen LogP contribution in [0.2, 0.25) is 5.02 Å². The van der Waals surface area contributed by atoms with Gasteiger partial charge < -0.3 is 5.32 Å². The maximum absolute atomic E-state index is 12.1. The van der Waals surface area contributed by atoms with Crippen LogP contribution in [0.5, 0.6) is 0 Å². The number of pyridine rings is 1. The zero-order valence-corrected chi connectivity index (χ0v) is 11.6. The SMILES string of the molecule is CC(NC(=O)c1cnccc1Cl)c1ccc(C#N)cc1. The summed E-state index contributed by atoms with van der Waals surface area (Å²) in [5.41, 5.74) is 1.84. The van der Waals surface area contributed by atoms with Gasteiger partial charge in [0.05, 0.1) is 28.3 Å². The monoisotopic (exact) mass is 285 g/mol. The summed E-state index contributed by atoms with van der Waals surface area (Å²) in [7, 11) is 0. The molecule has 1 atom stereocenters. The Morgan fingerprint density at radius 1 is 1.35 bits per heavy atom. The third-order valence-electron chi connectivity index (χ3n) is 2.90. The number of hydrogen-bond donors (Lipinski definition) is 1. The van der Waals surface area contributed by atoms with Crippen molar-refractivity contribution in [3.63, 3.8) is 0 Å². The quantitative estimate of drug-likeness (QED) is 0.942. The van der Waals surface area contributed by atoms with Crippen molar-refractivity contribution in [3.8, 4) is 6.07 Å². The number of nitrogens with zero attached hydrogens (tertiary/aromatic N) is 2. The van der Waals surface area contributed by atoms with Crippen molar-refractivity contribution in [2.75, 3.05) is 0 Å². The summed E-state index contributed by atoms with van der Waals surface area (Å²) in [6.07, 6.45) is 2.96. The Bertz CT molecular complexity index is 662. The van der Waals surface area contributed by atoms with Crippen molar-refractivity contribution >= 4 is 17.5 Å². The van der Waals surface area contributed by atoms with Gasteiger partial charge >= 0.3 is 0 Å². The van der Waals surface area contributed by atoms with Crippen molar-refractivity contribution in [1.82, 2.24) is 10.3 Å². The van der Waals surface area contributed by atoms with Crippen LogP contribution < -0.4 is 5.32 Å². The van der Waals surface area contributed by atoms with E-state index in [0.717, 1.165) is 5.56 Å². The molecule has 2 aromatic rings. The average Bonchev–Trinajstić information content (AvgIpc) is 2.47. The van der Waals surface area contributed by atoms with Gasteiger partial charge in [-0.05, 0) is 30.7 Å². The standard InChI is InChI=1S/C15H12ClN3O/c1-10(12-4-2-11(8-17)3-5-12)19-15(20)13-9-18-7-6-14(13)16/h2-7,9-10H,1H3,(H,19,20). The van der Waals surface area contributed by atoms with Gasteiger partial charge in [0, 0.05) is 12.4 Å². The Labute approximate surface area is 122 Å². The molecular formula is C15H12ClN3O. The Morgan fingerprint density at radius 3 is 2.65 bits per heavy atom. The molecule has 1 N–H and O–H groups in total. The Kier molecular flexibility index (Phi) is 4.34. The minimum Gasteiger partial charge on any atom is -0.345 e. The predicted molar refractivity (Wildman–Crippen MR) is 76.3 cm³/mol. The number of aromatic nitrogens is 1. The molecule has 1 aromatic carbocycles. The molecule has 2 rings (SSSR count). The van der Waals surface area contributed by atoms with Crippen LogP contribution in [-0.4, -0.2) is 10.9 Å². The molecule has 1 heterocycles. The number of carbonyl (C=O) groups is 1. The van der Waals surface area contributed by atoms with Gasteiger partial charge in [0.2, 0.25) is 0 Å². The molecule has 20 heavy (non-hydrogen) atoms. The molecule has 0 radical (unpaired) electrons. The van der Waals surface area contributed by atoms with Crippen molar-refractivity contribution in [1.29, 1.82) is 5.26 Å². The number of rotatable bonds is 3. The highest BCUT2D eigenvalue weighted by atomic mass is 35.5. The van der Waals surface area contributed by atoms with Crippen LogP contribution >= 0.6 is 11.6 Å². The minimum absolute atomic E-state index is 0.188. The largest absolute Gasteiger partial charge is 0.345 e. The Hall–Kier alpha value is -2.38. The summed E-state index contributed by atoms with van der Waals surface area (Å²) >= 11 is 5.95. The highest BCUT2D eigenvalue weighted by molar-refractivity contribution is 6.33. The number of carbonyl (C=O) groups excluding carboxylic acids is 1. The topological polar surface area (TPSA) is 65.8 Å². The molecule has 5 heteroatoms. The smallest absolute Gasteiger partial charge is 0.254 e. The number of benzene rings is 1. The maximum Gasteiger partial charge on any atom is 0.254 e. The zero-order valence-electron chi connectivity index (χ0n) is 10.8. The second-order valence-electron chi connectivity index (χ2n) is 4.28. The van der Waals surface area contributed by atoms with Gasteiger partial charge in [0.25, 0.3) is 5.91 Å². The molecule has 1 aromatic heterocycles. The molecule has 1 unspecified atom stereocenters. The number of hydrogen-bond acceptors (Lipinski definition) is 3. The van der Waals surface area contributed by atoms with E-state index in [1.54, 1.807) is 18.2 Å². The lowest BCUT2D eigenvalue weighted by molar-refractivity contribution is 0.0939. The van der Waals surface area contributed by atoms with E-state index in [0.29, 0.717) is 16.1 Å². The van der Waals surface area contributed by atoms with Gasteiger partial charge in [-0.2, -0.15) is 5.26 Å². The number of amides is 1.